The van der Waals surface area contributed by atoms with Gasteiger partial charge in [-0.15, -0.1) is 0 Å². The maximum Gasteiger partial charge on any atom is 0.261 e. The number of para-hydroxylation sites is 1. The molecule has 3 aromatic rings. The number of carbonyl (C=O) groups is 1. The fourth-order valence-electron chi connectivity index (χ4n) is 2.08. The molecule has 0 saturated carbocycles. The molecule has 2 aromatic heterocycles. The molecule has 8 heteroatoms. The van der Waals surface area contributed by atoms with Gasteiger partial charge in [-0.25, -0.2) is 5.10 Å². The zero-order valence-corrected chi connectivity index (χ0v) is 12.7. The van der Waals surface area contributed by atoms with Crippen LogP contribution in [0.1, 0.15) is 27.4 Å². The van der Waals surface area contributed by atoms with Gasteiger partial charge in [0, 0.05) is 0 Å². The Hall–Kier alpha value is -3.16. The fourth-order valence-corrected chi connectivity index (χ4v) is 2.08. The molecule has 0 saturated heterocycles. The maximum absolute atomic E-state index is 12.3. The summed E-state index contributed by atoms with van der Waals surface area (Å²) in [6.07, 6.45) is 1.31. The van der Waals surface area contributed by atoms with Crippen molar-refractivity contribution in [1.82, 2.24) is 20.3 Å². The van der Waals surface area contributed by atoms with E-state index >= 15 is 0 Å². The van der Waals surface area contributed by atoms with Gasteiger partial charge < -0.3 is 9.26 Å². The molecule has 0 aliphatic carbocycles. The highest BCUT2D eigenvalue weighted by Gasteiger charge is 2.15. The molecule has 8 nitrogen and oxygen atoms in total. The Morgan fingerprint density at radius 2 is 2.17 bits per heavy atom. The molecule has 0 atom stereocenters. The molecule has 118 valence electrons. The van der Waals surface area contributed by atoms with E-state index in [-0.39, 0.29) is 18.5 Å². The minimum Gasteiger partial charge on any atom is -0.488 e. The third-order valence-corrected chi connectivity index (χ3v) is 3.33. The van der Waals surface area contributed by atoms with E-state index in [4.69, 9.17) is 9.26 Å². The number of benzene rings is 1. The van der Waals surface area contributed by atoms with Crippen LogP contribution < -0.4 is 10.1 Å². The highest BCUT2D eigenvalue weighted by Crippen LogP contribution is 2.22. The first-order chi connectivity index (χ1) is 11.1. The first kappa shape index (κ1) is 14.8. The van der Waals surface area contributed by atoms with Crippen molar-refractivity contribution < 1.29 is 14.1 Å². The molecule has 0 aliphatic rings. The van der Waals surface area contributed by atoms with Gasteiger partial charge in [-0.2, -0.15) is 10.1 Å². The summed E-state index contributed by atoms with van der Waals surface area (Å²) in [5.74, 6) is 1.10. The third-order valence-electron chi connectivity index (χ3n) is 3.33. The minimum absolute atomic E-state index is 0.272. The lowest BCUT2D eigenvalue weighted by atomic mass is 10.2. The van der Waals surface area contributed by atoms with Crippen LogP contribution in [0, 0.1) is 13.8 Å². The summed E-state index contributed by atoms with van der Waals surface area (Å²) in [6, 6.07) is 6.97. The van der Waals surface area contributed by atoms with Gasteiger partial charge in [-0.05, 0) is 26.0 Å². The van der Waals surface area contributed by atoms with E-state index in [1.807, 2.05) is 13.8 Å². The van der Waals surface area contributed by atoms with E-state index < -0.39 is 0 Å². The first-order valence-electron chi connectivity index (χ1n) is 6.95. The van der Waals surface area contributed by atoms with Crippen molar-refractivity contribution in [3.63, 3.8) is 0 Å². The molecule has 1 aromatic carbocycles. The van der Waals surface area contributed by atoms with Crippen molar-refractivity contribution in [3.8, 4) is 5.75 Å². The Kier molecular flexibility index (Phi) is 4.05. The standard InChI is InChI=1S/C15H15N5O3/c1-9-12(10(2)23-20-9)7-22-13-6-4-3-5-11(13)14(21)18-15-16-8-17-19-15/h3-6,8H,7H2,1-2H3,(H2,16,17,18,19,21). The van der Waals surface area contributed by atoms with E-state index in [1.165, 1.54) is 6.33 Å². The summed E-state index contributed by atoms with van der Waals surface area (Å²) in [7, 11) is 0. The number of carbonyl (C=O) groups excluding carboxylic acids is 1. The number of amides is 1. The number of hydrogen-bond acceptors (Lipinski definition) is 6. The van der Waals surface area contributed by atoms with Crippen molar-refractivity contribution in [2.75, 3.05) is 5.32 Å². The summed E-state index contributed by atoms with van der Waals surface area (Å²) in [5.41, 5.74) is 2.04. The van der Waals surface area contributed by atoms with Crippen molar-refractivity contribution >= 4 is 11.9 Å². The predicted octanol–water partition coefficient (Wildman–Crippen LogP) is 2.24. The Morgan fingerprint density at radius 1 is 1.35 bits per heavy atom. The zero-order chi connectivity index (χ0) is 16.2. The van der Waals surface area contributed by atoms with E-state index in [0.29, 0.717) is 17.1 Å². The van der Waals surface area contributed by atoms with Crippen LogP contribution >= 0.6 is 0 Å². The molecule has 2 N–H and O–H groups in total. The third kappa shape index (κ3) is 3.20. The number of nitrogens with one attached hydrogen (secondary N) is 2. The molecule has 1 amide bonds. The van der Waals surface area contributed by atoms with Crippen LogP contribution in [0.15, 0.2) is 35.1 Å². The van der Waals surface area contributed by atoms with Crippen LogP contribution in [-0.4, -0.2) is 26.2 Å². The molecule has 0 spiro atoms. The SMILES string of the molecule is Cc1noc(C)c1COc1ccccc1C(=O)Nc1ncn[nH]1. The average molecular weight is 313 g/mol. The number of hydrogen-bond donors (Lipinski definition) is 2. The van der Waals surface area contributed by atoms with Crippen LogP contribution in [0.3, 0.4) is 0 Å². The number of rotatable bonds is 5. The number of H-pyrrole nitrogens is 1. The molecule has 0 bridgehead atoms. The Labute approximate surface area is 131 Å². The zero-order valence-electron chi connectivity index (χ0n) is 12.7. The molecular formula is C15H15N5O3. The van der Waals surface area contributed by atoms with Gasteiger partial charge in [0.25, 0.3) is 5.91 Å². The van der Waals surface area contributed by atoms with Gasteiger partial charge in [0.2, 0.25) is 5.95 Å². The van der Waals surface area contributed by atoms with Crippen molar-refractivity contribution in [3.05, 3.63) is 53.2 Å². The summed E-state index contributed by atoms with van der Waals surface area (Å²) < 4.78 is 10.9. The van der Waals surface area contributed by atoms with Crippen molar-refractivity contribution in [2.24, 2.45) is 0 Å². The van der Waals surface area contributed by atoms with E-state index in [1.54, 1.807) is 24.3 Å². The fraction of sp³-hybridized carbons (Fsp3) is 0.200. The Bertz CT molecular complexity index is 791. The number of ether oxygens (including phenoxy) is 1. The van der Waals surface area contributed by atoms with Gasteiger partial charge in [-0.3, -0.25) is 10.1 Å². The highest BCUT2D eigenvalue weighted by molar-refractivity contribution is 6.05. The van der Waals surface area contributed by atoms with Crippen LogP contribution in [0.25, 0.3) is 0 Å². The normalized spacial score (nSPS) is 10.5. The summed E-state index contributed by atoms with van der Waals surface area (Å²) >= 11 is 0. The molecule has 0 fully saturated rings. The first-order valence-corrected chi connectivity index (χ1v) is 6.95. The van der Waals surface area contributed by atoms with E-state index in [2.05, 4.69) is 25.7 Å². The Balaban J connectivity index is 1.76. The lowest BCUT2D eigenvalue weighted by molar-refractivity contribution is 0.102. The Morgan fingerprint density at radius 3 is 2.87 bits per heavy atom. The van der Waals surface area contributed by atoms with Crippen LogP contribution in [-0.2, 0) is 6.61 Å². The molecule has 2 heterocycles. The molecular weight excluding hydrogens is 298 g/mol. The van der Waals surface area contributed by atoms with E-state index in [0.717, 1.165) is 11.3 Å². The number of aromatic nitrogens is 4. The second kappa shape index (κ2) is 6.30. The predicted molar refractivity (Wildman–Crippen MR) is 81.1 cm³/mol. The lowest BCUT2D eigenvalue weighted by Crippen LogP contribution is -2.14. The minimum atomic E-state index is -0.337. The molecule has 23 heavy (non-hydrogen) atoms. The quantitative estimate of drug-likeness (QED) is 0.748. The molecule has 0 unspecified atom stereocenters. The van der Waals surface area contributed by atoms with Crippen molar-refractivity contribution in [2.45, 2.75) is 20.5 Å². The summed E-state index contributed by atoms with van der Waals surface area (Å²) in [5, 5.41) is 12.8. The molecule has 3 rings (SSSR count). The molecule has 0 radical (unpaired) electrons. The monoisotopic (exact) mass is 313 g/mol. The maximum atomic E-state index is 12.3. The van der Waals surface area contributed by atoms with Crippen LogP contribution in [0.5, 0.6) is 5.75 Å². The highest BCUT2D eigenvalue weighted by atomic mass is 16.5. The topological polar surface area (TPSA) is 106 Å². The number of anilines is 1. The number of nitrogens with zero attached hydrogens (tertiary/aromatic N) is 3. The smallest absolute Gasteiger partial charge is 0.261 e. The van der Waals surface area contributed by atoms with Crippen molar-refractivity contribution in [1.29, 1.82) is 0 Å². The molecule has 0 aliphatic heterocycles. The van der Waals surface area contributed by atoms with Gasteiger partial charge >= 0.3 is 0 Å². The average Bonchev–Trinajstić information content (AvgIpc) is 3.16. The van der Waals surface area contributed by atoms with E-state index in [9.17, 15) is 4.79 Å². The van der Waals surface area contributed by atoms with Crippen LogP contribution in [0.2, 0.25) is 0 Å². The van der Waals surface area contributed by atoms with Gasteiger partial charge in [0.15, 0.2) is 0 Å². The second-order valence-corrected chi connectivity index (χ2v) is 4.88. The lowest BCUT2D eigenvalue weighted by Gasteiger charge is -2.10. The van der Waals surface area contributed by atoms with Gasteiger partial charge in [0.1, 0.15) is 24.4 Å². The van der Waals surface area contributed by atoms with Gasteiger partial charge in [0.05, 0.1) is 16.8 Å². The number of aryl methyl sites for hydroxylation is 2. The second-order valence-electron chi connectivity index (χ2n) is 4.88. The number of aromatic amines is 1. The largest absolute Gasteiger partial charge is 0.488 e. The summed E-state index contributed by atoms with van der Waals surface area (Å²) in [4.78, 5) is 16.2. The van der Waals surface area contributed by atoms with Gasteiger partial charge in [-0.1, -0.05) is 17.3 Å². The summed E-state index contributed by atoms with van der Waals surface area (Å²) in [6.45, 7) is 3.94. The van der Waals surface area contributed by atoms with Crippen LogP contribution in [0.4, 0.5) is 5.95 Å².